The van der Waals surface area contributed by atoms with Gasteiger partial charge in [-0.05, 0) is 19.1 Å². The van der Waals surface area contributed by atoms with Gasteiger partial charge < -0.3 is 5.11 Å². The Labute approximate surface area is 140 Å². The molecular formula is C17H12F3N3O2. The fourth-order valence-corrected chi connectivity index (χ4v) is 2.46. The Bertz CT molecular complexity index is 931. The predicted octanol–water partition coefficient (Wildman–Crippen LogP) is 3.96. The molecule has 0 fully saturated rings. The van der Waals surface area contributed by atoms with Crippen LogP contribution >= 0.6 is 0 Å². The molecular weight excluding hydrogens is 335 g/mol. The number of rotatable bonds is 3. The standard InChI is InChI=1S/C17H12F3N3O2/c1-10-6-8-11(9-7-10)15-14(16(24)25)21-22-23(15)13-5-3-2-4-12(13)17(18,19)20/h2-9H,1H3,(H,24,25). The normalized spacial score (nSPS) is 11.5. The Balaban J connectivity index is 2.29. The lowest BCUT2D eigenvalue weighted by Gasteiger charge is -2.14. The van der Waals surface area contributed by atoms with E-state index in [0.717, 1.165) is 16.3 Å². The van der Waals surface area contributed by atoms with Gasteiger partial charge in [0.25, 0.3) is 0 Å². The van der Waals surface area contributed by atoms with E-state index in [4.69, 9.17) is 0 Å². The fraction of sp³-hybridized carbons (Fsp3) is 0.118. The lowest BCUT2D eigenvalue weighted by atomic mass is 10.1. The highest BCUT2D eigenvalue weighted by Gasteiger charge is 2.35. The van der Waals surface area contributed by atoms with Crippen LogP contribution in [0, 0.1) is 6.92 Å². The SMILES string of the molecule is Cc1ccc(-c2c(C(=O)O)nnn2-c2ccccc2C(F)(F)F)cc1. The smallest absolute Gasteiger partial charge is 0.418 e. The van der Waals surface area contributed by atoms with Crippen molar-refractivity contribution in [1.82, 2.24) is 15.0 Å². The number of aromatic carboxylic acids is 1. The average molecular weight is 347 g/mol. The van der Waals surface area contributed by atoms with Crippen LogP contribution in [0.3, 0.4) is 0 Å². The lowest BCUT2D eigenvalue weighted by molar-refractivity contribution is -0.137. The molecule has 0 aliphatic carbocycles. The Morgan fingerprint density at radius 2 is 1.72 bits per heavy atom. The number of carbonyl (C=O) groups is 1. The van der Waals surface area contributed by atoms with Crippen LogP contribution in [0.25, 0.3) is 16.9 Å². The van der Waals surface area contributed by atoms with Crippen molar-refractivity contribution in [1.29, 1.82) is 0 Å². The summed E-state index contributed by atoms with van der Waals surface area (Å²) in [7, 11) is 0. The molecule has 8 heteroatoms. The van der Waals surface area contributed by atoms with Crippen molar-refractivity contribution in [3.05, 3.63) is 65.4 Å². The van der Waals surface area contributed by atoms with Gasteiger partial charge in [0, 0.05) is 5.56 Å². The van der Waals surface area contributed by atoms with Gasteiger partial charge in [-0.15, -0.1) is 5.10 Å². The number of aromatic nitrogens is 3. The molecule has 0 aliphatic heterocycles. The molecule has 128 valence electrons. The predicted molar refractivity (Wildman–Crippen MR) is 83.5 cm³/mol. The molecule has 0 spiro atoms. The van der Waals surface area contributed by atoms with E-state index < -0.39 is 23.4 Å². The van der Waals surface area contributed by atoms with E-state index in [0.29, 0.717) is 5.56 Å². The number of halogens is 3. The van der Waals surface area contributed by atoms with Gasteiger partial charge in [-0.1, -0.05) is 47.2 Å². The third kappa shape index (κ3) is 3.10. The molecule has 1 aromatic heterocycles. The van der Waals surface area contributed by atoms with Crippen molar-refractivity contribution in [3.8, 4) is 16.9 Å². The van der Waals surface area contributed by atoms with Gasteiger partial charge in [0.2, 0.25) is 0 Å². The number of aryl methyl sites for hydroxylation is 1. The molecule has 0 atom stereocenters. The van der Waals surface area contributed by atoms with Crippen molar-refractivity contribution in [3.63, 3.8) is 0 Å². The quantitative estimate of drug-likeness (QED) is 0.779. The average Bonchev–Trinajstić information content (AvgIpc) is 3.00. The number of alkyl halides is 3. The molecule has 1 heterocycles. The second-order valence-corrected chi connectivity index (χ2v) is 5.38. The minimum absolute atomic E-state index is 0.0100. The molecule has 25 heavy (non-hydrogen) atoms. The van der Waals surface area contributed by atoms with Gasteiger partial charge in [0.15, 0.2) is 5.69 Å². The number of nitrogens with zero attached hydrogens (tertiary/aromatic N) is 3. The van der Waals surface area contributed by atoms with Gasteiger partial charge in [-0.25, -0.2) is 9.48 Å². The summed E-state index contributed by atoms with van der Waals surface area (Å²) in [4.78, 5) is 11.5. The summed E-state index contributed by atoms with van der Waals surface area (Å²) in [6, 6.07) is 11.5. The van der Waals surface area contributed by atoms with E-state index >= 15 is 0 Å². The van der Waals surface area contributed by atoms with Crippen LogP contribution in [0.15, 0.2) is 48.5 Å². The third-order valence-electron chi connectivity index (χ3n) is 3.64. The van der Waals surface area contributed by atoms with Crippen molar-refractivity contribution in [2.24, 2.45) is 0 Å². The number of hydrogen-bond acceptors (Lipinski definition) is 3. The molecule has 1 N–H and O–H groups in total. The Kier molecular flexibility index (Phi) is 4.03. The summed E-state index contributed by atoms with van der Waals surface area (Å²) >= 11 is 0. The van der Waals surface area contributed by atoms with Gasteiger partial charge in [-0.2, -0.15) is 13.2 Å². The second-order valence-electron chi connectivity index (χ2n) is 5.38. The van der Waals surface area contributed by atoms with Gasteiger partial charge >= 0.3 is 12.1 Å². The van der Waals surface area contributed by atoms with Gasteiger partial charge in [0.1, 0.15) is 5.69 Å². The van der Waals surface area contributed by atoms with Crippen LogP contribution in [-0.2, 0) is 6.18 Å². The molecule has 2 aromatic carbocycles. The van der Waals surface area contributed by atoms with E-state index in [-0.39, 0.29) is 11.4 Å². The molecule has 3 rings (SSSR count). The van der Waals surface area contributed by atoms with E-state index in [9.17, 15) is 23.1 Å². The monoisotopic (exact) mass is 347 g/mol. The molecule has 0 aliphatic rings. The Morgan fingerprint density at radius 1 is 1.08 bits per heavy atom. The summed E-state index contributed by atoms with van der Waals surface area (Å²) in [6.45, 7) is 1.84. The second kappa shape index (κ2) is 6.04. The summed E-state index contributed by atoms with van der Waals surface area (Å²) in [5.41, 5.74) is -0.305. The fourth-order valence-electron chi connectivity index (χ4n) is 2.46. The zero-order valence-electron chi connectivity index (χ0n) is 12.9. The first-order valence-corrected chi connectivity index (χ1v) is 7.21. The molecule has 0 unspecified atom stereocenters. The highest BCUT2D eigenvalue weighted by Crippen LogP contribution is 2.35. The minimum Gasteiger partial charge on any atom is -0.476 e. The van der Waals surface area contributed by atoms with Crippen LogP contribution in [-0.4, -0.2) is 26.1 Å². The van der Waals surface area contributed by atoms with E-state index in [1.54, 1.807) is 24.3 Å². The molecule has 0 radical (unpaired) electrons. The largest absolute Gasteiger partial charge is 0.476 e. The number of hydrogen-bond donors (Lipinski definition) is 1. The van der Waals surface area contributed by atoms with Crippen LogP contribution in [0.5, 0.6) is 0 Å². The number of carboxylic acids is 1. The van der Waals surface area contributed by atoms with E-state index in [2.05, 4.69) is 10.3 Å². The summed E-state index contributed by atoms with van der Waals surface area (Å²) in [5.74, 6) is -1.37. The highest BCUT2D eigenvalue weighted by molar-refractivity contribution is 5.93. The van der Waals surface area contributed by atoms with Crippen LogP contribution in [0.4, 0.5) is 13.2 Å². The molecule has 5 nitrogen and oxygen atoms in total. The summed E-state index contributed by atoms with van der Waals surface area (Å²) in [5, 5.41) is 16.6. The number of carboxylic acid groups (broad SMARTS) is 1. The number of benzene rings is 2. The maximum Gasteiger partial charge on any atom is 0.418 e. The Hall–Kier alpha value is -3.16. The highest BCUT2D eigenvalue weighted by atomic mass is 19.4. The van der Waals surface area contributed by atoms with Crippen molar-refractivity contribution in [2.45, 2.75) is 13.1 Å². The zero-order chi connectivity index (χ0) is 18.2. The third-order valence-corrected chi connectivity index (χ3v) is 3.64. The summed E-state index contributed by atoms with van der Waals surface area (Å²) < 4.78 is 40.8. The topological polar surface area (TPSA) is 68.0 Å². The van der Waals surface area contributed by atoms with Crippen LogP contribution < -0.4 is 0 Å². The van der Waals surface area contributed by atoms with Crippen molar-refractivity contribution < 1.29 is 23.1 Å². The summed E-state index contributed by atoms with van der Waals surface area (Å²) in [6.07, 6.45) is -4.61. The van der Waals surface area contributed by atoms with E-state index in [1.807, 2.05) is 6.92 Å². The van der Waals surface area contributed by atoms with Crippen LogP contribution in [0.1, 0.15) is 21.6 Å². The van der Waals surface area contributed by atoms with E-state index in [1.165, 1.54) is 18.2 Å². The van der Waals surface area contributed by atoms with Crippen molar-refractivity contribution in [2.75, 3.05) is 0 Å². The lowest BCUT2D eigenvalue weighted by Crippen LogP contribution is -2.12. The maximum atomic E-state index is 13.3. The molecule has 0 saturated heterocycles. The first kappa shape index (κ1) is 16.7. The van der Waals surface area contributed by atoms with Crippen molar-refractivity contribution >= 4 is 5.97 Å². The maximum absolute atomic E-state index is 13.3. The molecule has 3 aromatic rings. The molecule has 0 amide bonds. The Morgan fingerprint density at radius 3 is 2.32 bits per heavy atom. The molecule has 0 bridgehead atoms. The van der Waals surface area contributed by atoms with Gasteiger partial charge in [0.05, 0.1) is 11.3 Å². The molecule has 0 saturated carbocycles. The first-order chi connectivity index (χ1) is 11.8. The number of para-hydroxylation sites is 1. The van der Waals surface area contributed by atoms with Gasteiger partial charge in [-0.3, -0.25) is 0 Å². The first-order valence-electron chi connectivity index (χ1n) is 7.21. The zero-order valence-corrected chi connectivity index (χ0v) is 12.9. The van der Waals surface area contributed by atoms with Crippen LogP contribution in [0.2, 0.25) is 0 Å². The minimum atomic E-state index is -4.61.